The van der Waals surface area contributed by atoms with Gasteiger partial charge < -0.3 is 10.6 Å². The molecule has 0 atom stereocenters. The third-order valence-electron chi connectivity index (χ3n) is 3.21. The van der Waals surface area contributed by atoms with E-state index < -0.39 is 0 Å². The van der Waals surface area contributed by atoms with E-state index in [-0.39, 0.29) is 0 Å². The minimum Gasteiger partial charge on any atom is -0.370 e. The number of rotatable bonds is 6. The van der Waals surface area contributed by atoms with Gasteiger partial charge in [0, 0.05) is 37.0 Å². The van der Waals surface area contributed by atoms with Gasteiger partial charge >= 0.3 is 0 Å². The Labute approximate surface area is 126 Å². The van der Waals surface area contributed by atoms with E-state index in [0.29, 0.717) is 12.5 Å². The molecular weight excluding hydrogens is 262 g/mol. The SMILES string of the molecule is CCNc1nc(C(C)C)nc(NCc2cccnc2)c1C. The normalized spacial score (nSPS) is 10.7. The first-order chi connectivity index (χ1) is 10.1. The lowest BCUT2D eigenvalue weighted by atomic mass is 10.2. The van der Waals surface area contributed by atoms with Gasteiger partial charge in [0.15, 0.2) is 0 Å². The second kappa shape index (κ2) is 7.02. The van der Waals surface area contributed by atoms with E-state index >= 15 is 0 Å². The molecule has 0 aliphatic rings. The monoisotopic (exact) mass is 285 g/mol. The van der Waals surface area contributed by atoms with Gasteiger partial charge in [0.1, 0.15) is 17.5 Å². The molecule has 2 N–H and O–H groups in total. The summed E-state index contributed by atoms with van der Waals surface area (Å²) in [5, 5.41) is 6.70. The zero-order valence-corrected chi connectivity index (χ0v) is 13.1. The summed E-state index contributed by atoms with van der Waals surface area (Å²) < 4.78 is 0. The van der Waals surface area contributed by atoms with Gasteiger partial charge in [-0.3, -0.25) is 4.98 Å². The first-order valence-electron chi connectivity index (χ1n) is 7.37. The molecule has 0 aromatic carbocycles. The molecule has 0 bridgehead atoms. The van der Waals surface area contributed by atoms with Crippen molar-refractivity contribution in [3.63, 3.8) is 0 Å². The molecule has 2 rings (SSSR count). The Hall–Kier alpha value is -2.17. The molecule has 112 valence electrons. The predicted octanol–water partition coefficient (Wildman–Crippen LogP) is 3.35. The quantitative estimate of drug-likeness (QED) is 0.852. The fraction of sp³-hybridized carbons (Fsp3) is 0.438. The maximum atomic E-state index is 4.65. The summed E-state index contributed by atoms with van der Waals surface area (Å²) in [7, 11) is 0. The van der Waals surface area contributed by atoms with Crippen LogP contribution in [0.15, 0.2) is 24.5 Å². The lowest BCUT2D eigenvalue weighted by Gasteiger charge is -2.16. The van der Waals surface area contributed by atoms with Crippen molar-refractivity contribution in [2.75, 3.05) is 17.2 Å². The Kier molecular flexibility index (Phi) is 5.09. The van der Waals surface area contributed by atoms with Crippen LogP contribution in [0.4, 0.5) is 11.6 Å². The standard InChI is InChI=1S/C16H23N5/c1-5-18-15-12(4)16(21-14(20-15)11(2)3)19-10-13-7-6-8-17-9-13/h6-9,11H,5,10H2,1-4H3,(H2,18,19,20,21). The molecule has 0 aliphatic carbocycles. The second-order valence-electron chi connectivity index (χ2n) is 5.30. The van der Waals surface area contributed by atoms with Gasteiger partial charge in [0.2, 0.25) is 0 Å². The average molecular weight is 285 g/mol. The highest BCUT2D eigenvalue weighted by atomic mass is 15.1. The minimum atomic E-state index is 0.293. The number of hydrogen-bond donors (Lipinski definition) is 2. The van der Waals surface area contributed by atoms with Gasteiger partial charge in [-0.1, -0.05) is 19.9 Å². The average Bonchev–Trinajstić information content (AvgIpc) is 2.49. The summed E-state index contributed by atoms with van der Waals surface area (Å²) in [5.41, 5.74) is 2.18. The molecule has 0 amide bonds. The molecule has 5 heteroatoms. The van der Waals surface area contributed by atoms with E-state index in [4.69, 9.17) is 0 Å². The van der Waals surface area contributed by atoms with Crippen molar-refractivity contribution in [3.05, 3.63) is 41.5 Å². The fourth-order valence-corrected chi connectivity index (χ4v) is 1.99. The maximum absolute atomic E-state index is 4.65. The summed E-state index contributed by atoms with van der Waals surface area (Å²) >= 11 is 0. The summed E-state index contributed by atoms with van der Waals surface area (Å²) in [6.07, 6.45) is 3.64. The second-order valence-corrected chi connectivity index (χ2v) is 5.30. The van der Waals surface area contributed by atoms with E-state index in [2.05, 4.69) is 46.4 Å². The zero-order valence-electron chi connectivity index (χ0n) is 13.1. The highest BCUT2D eigenvalue weighted by molar-refractivity contribution is 5.57. The van der Waals surface area contributed by atoms with Gasteiger partial charge in [-0.05, 0) is 25.5 Å². The Morgan fingerprint density at radius 1 is 1.14 bits per heavy atom. The molecule has 0 radical (unpaired) electrons. The van der Waals surface area contributed by atoms with Crippen LogP contribution in [0.25, 0.3) is 0 Å². The lowest BCUT2D eigenvalue weighted by Crippen LogP contribution is -2.12. The topological polar surface area (TPSA) is 62.7 Å². The van der Waals surface area contributed by atoms with Crippen molar-refractivity contribution in [2.24, 2.45) is 0 Å². The van der Waals surface area contributed by atoms with Crippen LogP contribution >= 0.6 is 0 Å². The van der Waals surface area contributed by atoms with Crippen LogP contribution in [0.2, 0.25) is 0 Å². The van der Waals surface area contributed by atoms with Crippen molar-refractivity contribution in [1.29, 1.82) is 0 Å². The smallest absolute Gasteiger partial charge is 0.135 e. The van der Waals surface area contributed by atoms with Crippen molar-refractivity contribution >= 4 is 11.6 Å². The third kappa shape index (κ3) is 3.90. The third-order valence-corrected chi connectivity index (χ3v) is 3.21. The number of nitrogens with one attached hydrogen (secondary N) is 2. The first-order valence-corrected chi connectivity index (χ1v) is 7.37. The zero-order chi connectivity index (χ0) is 15.2. The first kappa shape index (κ1) is 15.2. The van der Waals surface area contributed by atoms with E-state index in [1.807, 2.05) is 25.3 Å². The van der Waals surface area contributed by atoms with E-state index in [9.17, 15) is 0 Å². The van der Waals surface area contributed by atoms with Crippen LogP contribution in [-0.2, 0) is 6.54 Å². The molecule has 5 nitrogen and oxygen atoms in total. The van der Waals surface area contributed by atoms with Crippen molar-refractivity contribution in [3.8, 4) is 0 Å². The fourth-order valence-electron chi connectivity index (χ4n) is 1.99. The number of nitrogens with zero attached hydrogens (tertiary/aromatic N) is 3. The van der Waals surface area contributed by atoms with Crippen LogP contribution in [-0.4, -0.2) is 21.5 Å². The van der Waals surface area contributed by atoms with Crippen LogP contribution in [0.3, 0.4) is 0 Å². The number of anilines is 2. The maximum Gasteiger partial charge on any atom is 0.135 e. The van der Waals surface area contributed by atoms with Crippen molar-refractivity contribution < 1.29 is 0 Å². The van der Waals surface area contributed by atoms with E-state index in [1.54, 1.807) is 6.20 Å². The molecule has 0 aliphatic heterocycles. The molecule has 2 aromatic rings. The highest BCUT2D eigenvalue weighted by Gasteiger charge is 2.12. The Morgan fingerprint density at radius 2 is 1.86 bits per heavy atom. The largest absolute Gasteiger partial charge is 0.370 e. The van der Waals surface area contributed by atoms with Gasteiger partial charge in [-0.2, -0.15) is 0 Å². The Bertz CT molecular complexity index is 581. The molecular formula is C16H23N5. The summed E-state index contributed by atoms with van der Waals surface area (Å²) in [5.74, 6) is 2.94. The van der Waals surface area contributed by atoms with Gasteiger partial charge in [-0.25, -0.2) is 9.97 Å². The summed E-state index contributed by atoms with van der Waals surface area (Å²) in [4.78, 5) is 13.4. The van der Waals surface area contributed by atoms with Gasteiger partial charge in [-0.15, -0.1) is 0 Å². The summed E-state index contributed by atoms with van der Waals surface area (Å²) in [6.45, 7) is 9.86. The lowest BCUT2D eigenvalue weighted by molar-refractivity contribution is 0.772. The van der Waals surface area contributed by atoms with Crippen LogP contribution in [0.5, 0.6) is 0 Å². The minimum absolute atomic E-state index is 0.293. The van der Waals surface area contributed by atoms with Crippen LogP contribution in [0, 0.1) is 6.92 Å². The van der Waals surface area contributed by atoms with Crippen LogP contribution in [0.1, 0.15) is 43.6 Å². The summed E-state index contributed by atoms with van der Waals surface area (Å²) in [6, 6.07) is 3.98. The molecule has 21 heavy (non-hydrogen) atoms. The van der Waals surface area contributed by atoms with Crippen molar-refractivity contribution in [1.82, 2.24) is 15.0 Å². The Morgan fingerprint density at radius 3 is 2.43 bits per heavy atom. The van der Waals surface area contributed by atoms with Crippen molar-refractivity contribution in [2.45, 2.75) is 40.2 Å². The van der Waals surface area contributed by atoms with Gasteiger partial charge in [0.25, 0.3) is 0 Å². The molecule has 0 spiro atoms. The molecule has 0 saturated carbocycles. The molecule has 0 fully saturated rings. The molecule has 0 saturated heterocycles. The van der Waals surface area contributed by atoms with Gasteiger partial charge in [0.05, 0.1) is 0 Å². The molecule has 0 unspecified atom stereocenters. The van der Waals surface area contributed by atoms with E-state index in [1.165, 1.54) is 0 Å². The predicted molar refractivity (Wildman–Crippen MR) is 86.6 cm³/mol. The molecule has 2 heterocycles. The number of hydrogen-bond acceptors (Lipinski definition) is 5. The van der Waals surface area contributed by atoms with Crippen LogP contribution < -0.4 is 10.6 Å². The van der Waals surface area contributed by atoms with E-state index in [0.717, 1.165) is 35.1 Å². The number of aromatic nitrogens is 3. The highest BCUT2D eigenvalue weighted by Crippen LogP contribution is 2.23. The molecule has 2 aromatic heterocycles. The number of pyridine rings is 1. The Balaban J connectivity index is 2.24.